The first-order valence-corrected chi connectivity index (χ1v) is 6.41. The largest absolute Gasteiger partial charge is 0.340 e. The molecule has 0 aliphatic carbocycles. The van der Waals surface area contributed by atoms with Gasteiger partial charge in [-0.25, -0.2) is 4.98 Å². The third-order valence-corrected chi connectivity index (χ3v) is 3.56. The molecule has 0 bridgehead atoms. The fourth-order valence-corrected chi connectivity index (χ4v) is 1.86. The number of nitrogens with zero attached hydrogens (tertiary/aromatic N) is 2. The summed E-state index contributed by atoms with van der Waals surface area (Å²) in [5.74, 6) is 0.652. The molecule has 0 aliphatic heterocycles. The zero-order chi connectivity index (χ0) is 14.0. The van der Waals surface area contributed by atoms with Crippen molar-refractivity contribution in [1.29, 1.82) is 0 Å². The monoisotopic (exact) mass is 321 g/mol. The van der Waals surface area contributed by atoms with Gasteiger partial charge in [-0.3, -0.25) is 10.1 Å². The van der Waals surface area contributed by atoms with Crippen molar-refractivity contribution in [3.63, 3.8) is 0 Å². The molecule has 2 rings (SSSR count). The molecule has 0 aliphatic rings. The molecule has 0 saturated carbocycles. The second-order valence-corrected chi connectivity index (χ2v) is 5.06. The van der Waals surface area contributed by atoms with Crippen molar-refractivity contribution < 1.29 is 4.92 Å². The molecule has 2 aromatic rings. The van der Waals surface area contributed by atoms with Crippen LogP contribution in [0.3, 0.4) is 0 Å². The highest BCUT2D eigenvalue weighted by Gasteiger charge is 2.11. The van der Waals surface area contributed by atoms with Gasteiger partial charge in [0.25, 0.3) is 5.69 Å². The lowest BCUT2D eigenvalue weighted by Gasteiger charge is -2.07. The van der Waals surface area contributed by atoms with Crippen LogP contribution in [0.5, 0.6) is 0 Å². The van der Waals surface area contributed by atoms with Gasteiger partial charge in [-0.05, 0) is 47.5 Å². The summed E-state index contributed by atoms with van der Waals surface area (Å²) in [6.45, 7) is 3.67. The average molecular weight is 322 g/mol. The number of aromatic nitrogens is 1. The Morgan fingerprint density at radius 3 is 2.63 bits per heavy atom. The first kappa shape index (κ1) is 13.5. The van der Waals surface area contributed by atoms with Crippen molar-refractivity contribution in [3.05, 3.63) is 56.2 Å². The van der Waals surface area contributed by atoms with Crippen molar-refractivity contribution in [2.45, 2.75) is 13.8 Å². The normalized spacial score (nSPS) is 10.3. The lowest BCUT2D eigenvalue weighted by atomic mass is 10.2. The lowest BCUT2D eigenvalue weighted by molar-refractivity contribution is -0.385. The summed E-state index contributed by atoms with van der Waals surface area (Å²) in [6.07, 6.45) is 1.69. The molecule has 1 aromatic heterocycles. The maximum Gasteiger partial charge on any atom is 0.274 e. The number of rotatable bonds is 3. The summed E-state index contributed by atoms with van der Waals surface area (Å²) >= 11 is 3.38. The van der Waals surface area contributed by atoms with E-state index < -0.39 is 0 Å². The molecule has 0 radical (unpaired) electrons. The topological polar surface area (TPSA) is 68.1 Å². The second-order valence-electron chi connectivity index (χ2n) is 4.20. The van der Waals surface area contributed by atoms with Crippen LogP contribution < -0.4 is 5.32 Å². The van der Waals surface area contributed by atoms with Gasteiger partial charge < -0.3 is 5.32 Å². The molecular formula is C13H12BrN3O2. The van der Waals surface area contributed by atoms with Gasteiger partial charge in [-0.15, -0.1) is 0 Å². The van der Waals surface area contributed by atoms with E-state index in [0.717, 1.165) is 10.0 Å². The van der Waals surface area contributed by atoms with Crippen LogP contribution in [-0.2, 0) is 0 Å². The van der Waals surface area contributed by atoms with Crippen molar-refractivity contribution in [2.75, 3.05) is 5.32 Å². The van der Waals surface area contributed by atoms with Gasteiger partial charge in [-0.1, -0.05) is 6.07 Å². The smallest absolute Gasteiger partial charge is 0.274 e. The predicted octanol–water partition coefficient (Wildman–Crippen LogP) is 4.11. The van der Waals surface area contributed by atoms with Crippen LogP contribution in [0.4, 0.5) is 17.2 Å². The van der Waals surface area contributed by atoms with Crippen LogP contribution in [0.1, 0.15) is 11.1 Å². The fourth-order valence-electron chi connectivity index (χ4n) is 1.64. The molecule has 19 heavy (non-hydrogen) atoms. The number of hydrogen-bond acceptors (Lipinski definition) is 4. The van der Waals surface area contributed by atoms with Gasteiger partial charge in [-0.2, -0.15) is 0 Å². The third kappa shape index (κ3) is 3.08. The number of nitro benzene ring substituents is 1. The van der Waals surface area contributed by atoms with Gasteiger partial charge in [0.2, 0.25) is 0 Å². The van der Waals surface area contributed by atoms with E-state index >= 15 is 0 Å². The highest BCUT2D eigenvalue weighted by atomic mass is 79.9. The van der Waals surface area contributed by atoms with Crippen molar-refractivity contribution in [3.8, 4) is 0 Å². The molecule has 0 spiro atoms. The van der Waals surface area contributed by atoms with Crippen molar-refractivity contribution >= 4 is 33.1 Å². The number of nitro groups is 1. The molecule has 0 amide bonds. The van der Waals surface area contributed by atoms with Gasteiger partial charge >= 0.3 is 0 Å². The maximum absolute atomic E-state index is 10.9. The Hall–Kier alpha value is -1.95. The SMILES string of the molecule is Cc1cc(Nc2ccc(C)c([N+](=O)[O-])c2)ncc1Br. The van der Waals surface area contributed by atoms with Crippen molar-refractivity contribution in [2.24, 2.45) is 0 Å². The van der Waals surface area contributed by atoms with E-state index in [2.05, 4.69) is 26.2 Å². The number of halogens is 1. The Kier molecular flexibility index (Phi) is 3.80. The molecule has 0 saturated heterocycles. The quantitative estimate of drug-likeness (QED) is 0.682. The molecular weight excluding hydrogens is 310 g/mol. The minimum absolute atomic E-state index is 0.0961. The minimum Gasteiger partial charge on any atom is -0.340 e. The van der Waals surface area contributed by atoms with E-state index in [-0.39, 0.29) is 10.6 Å². The third-order valence-electron chi connectivity index (χ3n) is 2.73. The molecule has 1 N–H and O–H groups in total. The first-order chi connectivity index (χ1) is 8.97. The van der Waals surface area contributed by atoms with E-state index in [0.29, 0.717) is 17.1 Å². The molecule has 0 atom stereocenters. The number of aryl methyl sites for hydroxylation is 2. The summed E-state index contributed by atoms with van der Waals surface area (Å²) in [4.78, 5) is 14.7. The molecule has 98 valence electrons. The Morgan fingerprint density at radius 2 is 2.00 bits per heavy atom. The number of hydrogen-bond donors (Lipinski definition) is 1. The number of nitrogens with one attached hydrogen (secondary N) is 1. The van der Waals surface area contributed by atoms with Gasteiger partial charge in [0.15, 0.2) is 0 Å². The van der Waals surface area contributed by atoms with E-state index in [1.807, 2.05) is 13.0 Å². The van der Waals surface area contributed by atoms with Crippen LogP contribution in [0, 0.1) is 24.0 Å². The molecule has 0 unspecified atom stereocenters. The molecule has 1 heterocycles. The molecule has 1 aromatic carbocycles. The first-order valence-electron chi connectivity index (χ1n) is 5.61. The van der Waals surface area contributed by atoms with Gasteiger partial charge in [0.1, 0.15) is 5.82 Å². The standard InChI is InChI=1S/C13H12BrN3O2/c1-8-3-4-10(6-12(8)17(18)19)16-13-5-9(2)11(14)7-15-13/h3-7H,1-2H3,(H,15,16). The zero-order valence-electron chi connectivity index (χ0n) is 10.5. The van der Waals surface area contributed by atoms with Crippen LogP contribution in [0.15, 0.2) is 34.9 Å². The summed E-state index contributed by atoms with van der Waals surface area (Å²) in [7, 11) is 0. The van der Waals surface area contributed by atoms with E-state index in [1.165, 1.54) is 6.07 Å². The average Bonchev–Trinajstić information content (AvgIpc) is 2.36. The molecule has 5 nitrogen and oxygen atoms in total. The Balaban J connectivity index is 2.30. The Morgan fingerprint density at radius 1 is 1.26 bits per heavy atom. The lowest BCUT2D eigenvalue weighted by Crippen LogP contribution is -1.97. The molecule has 0 fully saturated rings. The van der Waals surface area contributed by atoms with Crippen LogP contribution >= 0.6 is 15.9 Å². The van der Waals surface area contributed by atoms with Crippen LogP contribution in [0.2, 0.25) is 0 Å². The Labute approximate surface area is 119 Å². The minimum atomic E-state index is -0.388. The van der Waals surface area contributed by atoms with Crippen molar-refractivity contribution in [1.82, 2.24) is 4.98 Å². The highest BCUT2D eigenvalue weighted by Crippen LogP contribution is 2.25. The number of anilines is 2. The predicted molar refractivity (Wildman–Crippen MR) is 77.8 cm³/mol. The van der Waals surface area contributed by atoms with Gasteiger partial charge in [0, 0.05) is 28.0 Å². The van der Waals surface area contributed by atoms with Crippen LogP contribution in [-0.4, -0.2) is 9.91 Å². The zero-order valence-corrected chi connectivity index (χ0v) is 12.1. The van der Waals surface area contributed by atoms with E-state index in [9.17, 15) is 10.1 Å². The molecule has 6 heteroatoms. The van der Waals surface area contributed by atoms with E-state index in [4.69, 9.17) is 0 Å². The van der Waals surface area contributed by atoms with Crippen LogP contribution in [0.25, 0.3) is 0 Å². The van der Waals surface area contributed by atoms with Gasteiger partial charge in [0.05, 0.1) is 4.92 Å². The number of pyridine rings is 1. The fraction of sp³-hybridized carbons (Fsp3) is 0.154. The highest BCUT2D eigenvalue weighted by molar-refractivity contribution is 9.10. The Bertz CT molecular complexity index is 644. The summed E-state index contributed by atoms with van der Waals surface area (Å²) in [6, 6.07) is 6.89. The summed E-state index contributed by atoms with van der Waals surface area (Å²) in [5, 5.41) is 13.9. The second kappa shape index (κ2) is 5.36. The summed E-state index contributed by atoms with van der Waals surface area (Å²) in [5.41, 5.74) is 2.42. The van der Waals surface area contributed by atoms with E-state index in [1.54, 1.807) is 25.3 Å². The maximum atomic E-state index is 10.9. The summed E-state index contributed by atoms with van der Waals surface area (Å²) < 4.78 is 0.924. The number of benzene rings is 1.